The number of nitrogens with zero attached hydrogens (tertiary/aromatic N) is 2. The van der Waals surface area contributed by atoms with Gasteiger partial charge in [0.1, 0.15) is 5.82 Å². The van der Waals surface area contributed by atoms with Crippen molar-refractivity contribution in [3.8, 4) is 0 Å². The summed E-state index contributed by atoms with van der Waals surface area (Å²) < 4.78 is 2.02. The number of aliphatic hydroxyl groups is 1. The number of benzene rings is 1. The topological polar surface area (TPSA) is 67.2 Å². The lowest BCUT2D eigenvalue weighted by Gasteiger charge is -2.21. The lowest BCUT2D eigenvalue weighted by Crippen LogP contribution is -2.34. The average Bonchev–Trinajstić information content (AvgIpc) is 3.02. The van der Waals surface area contributed by atoms with Crippen LogP contribution in [0.1, 0.15) is 43.5 Å². The number of fused-ring (bicyclic) bond motifs is 1. The van der Waals surface area contributed by atoms with E-state index in [2.05, 4.69) is 23.3 Å². The van der Waals surface area contributed by atoms with Gasteiger partial charge in [-0.15, -0.1) is 0 Å². The summed E-state index contributed by atoms with van der Waals surface area (Å²) in [6.45, 7) is 2.45. The molecule has 22 heavy (non-hydrogen) atoms. The van der Waals surface area contributed by atoms with E-state index in [4.69, 9.17) is 0 Å². The molecule has 1 aromatic carbocycles. The molecule has 0 atom stereocenters. The fourth-order valence-electron chi connectivity index (χ4n) is 3.42. The molecule has 1 aliphatic carbocycles. The van der Waals surface area contributed by atoms with Crippen LogP contribution in [0.2, 0.25) is 0 Å². The van der Waals surface area contributed by atoms with Crippen molar-refractivity contribution >= 4 is 16.9 Å². The van der Waals surface area contributed by atoms with Crippen LogP contribution in [0.5, 0.6) is 0 Å². The Morgan fingerprint density at radius 1 is 1.41 bits per heavy atom. The first kappa shape index (κ1) is 15.0. The Morgan fingerprint density at radius 3 is 2.82 bits per heavy atom. The van der Waals surface area contributed by atoms with Gasteiger partial charge in [-0.3, -0.25) is 4.79 Å². The Balaban J connectivity index is 1.68. The van der Waals surface area contributed by atoms with Crippen LogP contribution in [0.4, 0.5) is 0 Å². The maximum absolute atomic E-state index is 12.1. The van der Waals surface area contributed by atoms with Crippen molar-refractivity contribution in [1.29, 1.82) is 0 Å². The van der Waals surface area contributed by atoms with Crippen molar-refractivity contribution in [3.05, 3.63) is 29.6 Å². The zero-order chi connectivity index (χ0) is 15.7. The van der Waals surface area contributed by atoms with Crippen molar-refractivity contribution in [2.24, 2.45) is 7.05 Å². The molecule has 0 aliphatic heterocycles. The van der Waals surface area contributed by atoms with Gasteiger partial charge in [-0.1, -0.05) is 25.0 Å². The smallest absolute Gasteiger partial charge is 0.223 e. The van der Waals surface area contributed by atoms with Gasteiger partial charge >= 0.3 is 0 Å². The molecule has 1 saturated carbocycles. The highest BCUT2D eigenvalue weighted by molar-refractivity contribution is 5.80. The van der Waals surface area contributed by atoms with E-state index in [9.17, 15) is 9.90 Å². The highest BCUT2D eigenvalue weighted by Crippen LogP contribution is 2.32. The molecule has 0 saturated heterocycles. The third-order valence-corrected chi connectivity index (χ3v) is 4.66. The lowest BCUT2D eigenvalue weighted by atomic mass is 9.98. The average molecular weight is 301 g/mol. The van der Waals surface area contributed by atoms with Crippen LogP contribution in [-0.2, 0) is 18.4 Å². The lowest BCUT2D eigenvalue weighted by molar-refractivity contribution is -0.126. The summed E-state index contributed by atoms with van der Waals surface area (Å²) in [5, 5.41) is 13.2. The zero-order valence-corrected chi connectivity index (χ0v) is 13.2. The fourth-order valence-corrected chi connectivity index (χ4v) is 3.42. The molecule has 1 aromatic heterocycles. The van der Waals surface area contributed by atoms with E-state index in [-0.39, 0.29) is 12.3 Å². The molecular formula is C17H23N3O2. The monoisotopic (exact) mass is 301 g/mol. The number of carbonyl (C=O) groups excluding carboxylic acids is 1. The number of amides is 1. The van der Waals surface area contributed by atoms with Crippen LogP contribution in [0.3, 0.4) is 0 Å². The molecule has 0 spiro atoms. The van der Waals surface area contributed by atoms with Crippen molar-refractivity contribution in [3.63, 3.8) is 0 Å². The van der Waals surface area contributed by atoms with E-state index < -0.39 is 5.60 Å². The van der Waals surface area contributed by atoms with Gasteiger partial charge in [0.15, 0.2) is 0 Å². The molecular weight excluding hydrogens is 278 g/mol. The Morgan fingerprint density at radius 2 is 2.14 bits per heavy atom. The van der Waals surface area contributed by atoms with Crippen molar-refractivity contribution in [2.45, 2.75) is 51.2 Å². The van der Waals surface area contributed by atoms with Crippen LogP contribution < -0.4 is 5.32 Å². The number of nitrogens with one attached hydrogen (secondary N) is 1. The largest absolute Gasteiger partial charge is 0.389 e. The van der Waals surface area contributed by atoms with Gasteiger partial charge in [0.05, 0.1) is 29.6 Å². The molecule has 2 N–H and O–H groups in total. The second-order valence-corrected chi connectivity index (χ2v) is 6.41. The van der Waals surface area contributed by atoms with Crippen LogP contribution in [-0.4, -0.2) is 26.2 Å². The summed E-state index contributed by atoms with van der Waals surface area (Å²) in [6, 6.07) is 6.03. The molecule has 5 nitrogen and oxygen atoms in total. The minimum atomic E-state index is -0.799. The number of hydrogen-bond donors (Lipinski definition) is 2. The molecule has 2 aromatic rings. The number of imidazole rings is 1. The predicted molar refractivity (Wildman–Crippen MR) is 85.3 cm³/mol. The maximum atomic E-state index is 12.1. The number of aromatic nitrogens is 2. The van der Waals surface area contributed by atoms with E-state index in [0.717, 1.165) is 42.5 Å². The van der Waals surface area contributed by atoms with Crippen LogP contribution in [0.15, 0.2) is 18.2 Å². The molecule has 5 heteroatoms. The first-order valence-electron chi connectivity index (χ1n) is 7.88. The third-order valence-electron chi connectivity index (χ3n) is 4.66. The fraction of sp³-hybridized carbons (Fsp3) is 0.529. The molecule has 3 rings (SSSR count). The van der Waals surface area contributed by atoms with Crippen LogP contribution >= 0.6 is 0 Å². The van der Waals surface area contributed by atoms with Crippen LogP contribution in [0, 0.1) is 6.92 Å². The van der Waals surface area contributed by atoms with Gasteiger partial charge < -0.3 is 15.0 Å². The molecule has 0 bridgehead atoms. The SMILES string of the molecule is Cc1cccc2nc(CNC(=O)CC3(O)CCCC3)n(C)c12. The molecule has 0 radical (unpaired) electrons. The minimum Gasteiger partial charge on any atom is -0.389 e. The summed E-state index contributed by atoms with van der Waals surface area (Å²) in [7, 11) is 1.97. The normalized spacial score (nSPS) is 17.0. The third kappa shape index (κ3) is 2.86. The second-order valence-electron chi connectivity index (χ2n) is 6.41. The number of para-hydroxylation sites is 1. The van der Waals surface area contributed by atoms with Gasteiger partial charge in [-0.25, -0.2) is 4.98 Å². The maximum Gasteiger partial charge on any atom is 0.223 e. The number of rotatable bonds is 4. The Labute approximate surface area is 130 Å². The molecule has 1 heterocycles. The van der Waals surface area contributed by atoms with Gasteiger partial charge in [-0.2, -0.15) is 0 Å². The summed E-state index contributed by atoms with van der Waals surface area (Å²) in [5.74, 6) is 0.726. The zero-order valence-electron chi connectivity index (χ0n) is 13.2. The summed E-state index contributed by atoms with van der Waals surface area (Å²) in [6.07, 6.45) is 3.66. The summed E-state index contributed by atoms with van der Waals surface area (Å²) >= 11 is 0. The standard InChI is InChI=1S/C17H23N3O2/c1-12-6-5-7-13-16(12)20(2)14(19-13)11-18-15(21)10-17(22)8-3-4-9-17/h5-7,22H,3-4,8-11H2,1-2H3,(H,18,21). The highest BCUT2D eigenvalue weighted by atomic mass is 16.3. The Hall–Kier alpha value is -1.88. The first-order valence-corrected chi connectivity index (χ1v) is 7.88. The van der Waals surface area contributed by atoms with Gasteiger partial charge in [-0.05, 0) is 31.4 Å². The molecule has 1 fully saturated rings. The summed E-state index contributed by atoms with van der Waals surface area (Å²) in [5.41, 5.74) is 2.42. The van der Waals surface area contributed by atoms with E-state index in [1.54, 1.807) is 0 Å². The van der Waals surface area contributed by atoms with E-state index >= 15 is 0 Å². The molecule has 1 aliphatic rings. The van der Waals surface area contributed by atoms with Crippen molar-refractivity contribution < 1.29 is 9.90 Å². The highest BCUT2D eigenvalue weighted by Gasteiger charge is 2.33. The van der Waals surface area contributed by atoms with E-state index in [1.807, 2.05) is 23.7 Å². The van der Waals surface area contributed by atoms with Gasteiger partial charge in [0, 0.05) is 7.05 Å². The molecule has 0 unspecified atom stereocenters. The van der Waals surface area contributed by atoms with Gasteiger partial charge in [0.25, 0.3) is 0 Å². The molecule has 118 valence electrons. The Bertz CT molecular complexity index is 699. The minimum absolute atomic E-state index is 0.104. The van der Waals surface area contributed by atoms with Crippen LogP contribution in [0.25, 0.3) is 11.0 Å². The number of aryl methyl sites for hydroxylation is 2. The number of carbonyl (C=O) groups is 1. The van der Waals surface area contributed by atoms with Crippen molar-refractivity contribution in [1.82, 2.24) is 14.9 Å². The number of hydrogen-bond acceptors (Lipinski definition) is 3. The van der Waals surface area contributed by atoms with Gasteiger partial charge in [0.2, 0.25) is 5.91 Å². The Kier molecular flexibility index (Phi) is 3.91. The molecule has 1 amide bonds. The predicted octanol–water partition coefficient (Wildman–Crippen LogP) is 2.19. The quantitative estimate of drug-likeness (QED) is 0.909. The first-order chi connectivity index (χ1) is 10.5. The van der Waals surface area contributed by atoms with Crippen molar-refractivity contribution in [2.75, 3.05) is 0 Å². The second kappa shape index (κ2) is 5.72. The van der Waals surface area contributed by atoms with E-state index in [1.165, 1.54) is 5.56 Å². The summed E-state index contributed by atoms with van der Waals surface area (Å²) in [4.78, 5) is 16.6. The van der Waals surface area contributed by atoms with E-state index in [0.29, 0.717) is 6.54 Å².